The Bertz CT molecular complexity index is 1700. The van der Waals surface area contributed by atoms with Gasteiger partial charge in [0.2, 0.25) is 0 Å². The summed E-state index contributed by atoms with van der Waals surface area (Å²) in [4.78, 5) is 8.61. The number of aromatic nitrogens is 2. The second-order valence-corrected chi connectivity index (χ2v) is 19.3. The number of nitrogens with zero attached hydrogens (tertiary/aromatic N) is 4. The molecule has 5 saturated carbocycles. The second kappa shape index (κ2) is 14.9. The second-order valence-electron chi connectivity index (χ2n) is 19.3. The van der Waals surface area contributed by atoms with E-state index in [0.717, 1.165) is 38.5 Å². The fraction of sp³-hybridized carbons (Fsp3) is 0.696. The van der Waals surface area contributed by atoms with E-state index in [1.807, 2.05) is 70.3 Å². The molecule has 5 unspecified atom stereocenters. The summed E-state index contributed by atoms with van der Waals surface area (Å²) in [5.74, 6) is 2.61. The van der Waals surface area contributed by atoms with Crippen molar-refractivity contribution in [3.63, 3.8) is 0 Å². The molecule has 5 aliphatic rings. The van der Waals surface area contributed by atoms with Crippen LogP contribution in [0.15, 0.2) is 83.3 Å². The minimum absolute atomic E-state index is 0.00772. The molecule has 2 aromatic heterocycles. The monoisotopic (exact) mass is 739 g/mol. The Morgan fingerprint density at radius 3 is 1.96 bits per heavy atom. The minimum Gasteiger partial charge on any atom is -0.600 e. The Morgan fingerprint density at radius 2 is 1.33 bits per heavy atom. The molecule has 0 aromatic carbocycles. The van der Waals surface area contributed by atoms with E-state index in [1.165, 1.54) is 31.3 Å². The first-order valence-electron chi connectivity index (χ1n) is 21.0. The molecular weight excluding hydrogens is 673 g/mol. The zero-order chi connectivity index (χ0) is 38.4. The first-order valence-corrected chi connectivity index (χ1v) is 21.0. The summed E-state index contributed by atoms with van der Waals surface area (Å²) >= 11 is 0. The highest BCUT2D eigenvalue weighted by atomic mass is 16.6. The van der Waals surface area contributed by atoms with Crippen molar-refractivity contribution in [1.29, 1.82) is 0 Å². The number of pyridine rings is 2. The quantitative estimate of drug-likeness (QED) is 0.121. The van der Waals surface area contributed by atoms with E-state index < -0.39 is 12.2 Å². The zero-order valence-corrected chi connectivity index (χ0v) is 34.0. The van der Waals surface area contributed by atoms with Gasteiger partial charge in [0.25, 0.3) is 0 Å². The molecule has 0 bridgehead atoms. The van der Waals surface area contributed by atoms with Gasteiger partial charge in [-0.3, -0.25) is 9.98 Å². The Labute approximate surface area is 324 Å². The van der Waals surface area contributed by atoms with Gasteiger partial charge in [-0.1, -0.05) is 58.9 Å². The third-order valence-electron chi connectivity index (χ3n) is 16.7. The summed E-state index contributed by atoms with van der Waals surface area (Å²) in [5, 5.41) is 26.1. The Morgan fingerprint density at radius 1 is 0.704 bits per heavy atom. The number of ether oxygens (including phenoxy) is 2. The minimum atomic E-state index is -0.419. The molecule has 294 valence electrons. The molecule has 8 heteroatoms. The van der Waals surface area contributed by atoms with E-state index in [0.29, 0.717) is 62.4 Å². The molecule has 0 spiro atoms. The van der Waals surface area contributed by atoms with E-state index in [9.17, 15) is 10.2 Å². The van der Waals surface area contributed by atoms with Crippen LogP contribution in [0.25, 0.3) is 0 Å². The summed E-state index contributed by atoms with van der Waals surface area (Å²) < 4.78 is 16.4. The Hall–Kier alpha value is -3.42. The molecule has 0 amide bonds. The van der Waals surface area contributed by atoms with Gasteiger partial charge in [0.05, 0.1) is 0 Å². The lowest BCUT2D eigenvalue weighted by molar-refractivity contribution is -0.694. The van der Waals surface area contributed by atoms with Crippen molar-refractivity contribution < 1.29 is 28.8 Å². The number of rotatable bonds is 10. The summed E-state index contributed by atoms with van der Waals surface area (Å²) in [5.41, 5.74) is 1.75. The molecule has 0 saturated heterocycles. The third kappa shape index (κ3) is 6.76. The largest absolute Gasteiger partial charge is 0.600 e. The lowest BCUT2D eigenvalue weighted by Crippen LogP contribution is -2.67. The van der Waals surface area contributed by atoms with Crippen LogP contribution in [0.4, 0.5) is 0 Å². The lowest BCUT2D eigenvalue weighted by Gasteiger charge is -2.73. The number of hydrogen-bond acceptors (Lipinski definition) is 6. The lowest BCUT2D eigenvalue weighted by atomic mass is 9.32. The van der Waals surface area contributed by atoms with Crippen LogP contribution in [0.5, 0.6) is 0 Å². The standard InChI is InChI=1S/C46H66N4O4/c1-33(2)34-16-21-46(32-53-40(51)47-24-30-49-26-10-8-11-27-49)23-22-44(6)35(39(34)46)14-15-37-43(5)19-18-38(42(3,4)36(43)17-20-45(37,44)7)54-41(52)48-25-31-50-28-12-9-13-29-50/h8-13,26-29,34-39H,1,14-25,30-32H2,2-7H3/t34?,35?,36?,37?,38-,39?,43-,44+,45+,46+/m0/s1. The maximum atomic E-state index is 13.0. The van der Waals surface area contributed by atoms with Crippen LogP contribution in [-0.2, 0) is 22.6 Å². The van der Waals surface area contributed by atoms with Crippen LogP contribution >= 0.6 is 0 Å². The van der Waals surface area contributed by atoms with Crippen LogP contribution in [0, 0.1) is 56.7 Å². The number of hydrogen-bond donors (Lipinski definition) is 0. The van der Waals surface area contributed by atoms with Crippen LogP contribution in [0.1, 0.15) is 106 Å². The average Bonchev–Trinajstić information content (AvgIpc) is 3.53. The smallest absolute Gasteiger partial charge is 0.168 e. The Kier molecular flexibility index (Phi) is 10.7. The normalized spacial score (nSPS) is 38.7. The van der Waals surface area contributed by atoms with E-state index in [2.05, 4.69) is 58.1 Å². The SMILES string of the molecule is C=C(C)C1CC[C@]2(COC([O-])=NCC[n+]3ccccc3)CC[C@]3(C)C(CCC4[C@@]5(C)CC[C@H](OC([O-])=NCC[n+]6ccccc6)C(C)(C)C5CC[C@]43C)C12. The van der Waals surface area contributed by atoms with Crippen molar-refractivity contribution in [2.24, 2.45) is 66.6 Å². The first kappa shape index (κ1) is 38.8. The molecular formula is C46H66N4O4. The summed E-state index contributed by atoms with van der Waals surface area (Å²) in [7, 11) is 0. The van der Waals surface area contributed by atoms with Gasteiger partial charge < -0.3 is 19.7 Å². The van der Waals surface area contributed by atoms with Gasteiger partial charge in [-0.2, -0.15) is 0 Å². The predicted octanol–water partition coefficient (Wildman–Crippen LogP) is 6.45. The Balaban J connectivity index is 1.06. The summed E-state index contributed by atoms with van der Waals surface area (Å²) in [6.07, 6.45) is 18.3. The zero-order valence-electron chi connectivity index (χ0n) is 34.0. The fourth-order valence-electron chi connectivity index (χ4n) is 13.8. The predicted molar refractivity (Wildman–Crippen MR) is 208 cm³/mol. The molecule has 54 heavy (non-hydrogen) atoms. The molecule has 7 rings (SSSR count). The molecule has 2 heterocycles. The molecule has 10 atom stereocenters. The van der Waals surface area contributed by atoms with Crippen LogP contribution in [0.2, 0.25) is 0 Å². The highest BCUT2D eigenvalue weighted by Gasteiger charge is 2.70. The van der Waals surface area contributed by atoms with Gasteiger partial charge in [0, 0.05) is 37.0 Å². The average molecular weight is 739 g/mol. The molecule has 5 fully saturated rings. The van der Waals surface area contributed by atoms with E-state index in [4.69, 9.17) is 9.47 Å². The number of aliphatic imine (C=N–C) groups is 2. The molecule has 8 nitrogen and oxygen atoms in total. The van der Waals surface area contributed by atoms with E-state index in [-0.39, 0.29) is 33.2 Å². The highest BCUT2D eigenvalue weighted by molar-refractivity contribution is 5.62. The molecule has 5 aliphatic carbocycles. The van der Waals surface area contributed by atoms with Crippen molar-refractivity contribution in [2.45, 2.75) is 125 Å². The van der Waals surface area contributed by atoms with Gasteiger partial charge >= 0.3 is 0 Å². The van der Waals surface area contributed by atoms with Crippen molar-refractivity contribution in [1.82, 2.24) is 0 Å². The van der Waals surface area contributed by atoms with Gasteiger partial charge in [-0.05, 0) is 128 Å². The number of fused-ring (bicyclic) bond motifs is 7. The van der Waals surface area contributed by atoms with E-state index >= 15 is 0 Å². The highest BCUT2D eigenvalue weighted by Crippen LogP contribution is 2.77. The number of allylic oxidation sites excluding steroid dienone is 1. The van der Waals surface area contributed by atoms with Crippen molar-refractivity contribution in [3.8, 4) is 0 Å². The maximum absolute atomic E-state index is 13.0. The van der Waals surface area contributed by atoms with Gasteiger partial charge in [0.15, 0.2) is 37.9 Å². The molecule has 0 N–H and O–H groups in total. The van der Waals surface area contributed by atoms with Crippen molar-refractivity contribution in [2.75, 3.05) is 19.7 Å². The van der Waals surface area contributed by atoms with Crippen molar-refractivity contribution >= 4 is 12.2 Å². The fourth-order valence-corrected chi connectivity index (χ4v) is 13.8. The summed E-state index contributed by atoms with van der Waals surface area (Å²) in [6, 6.07) is 11.9. The van der Waals surface area contributed by atoms with Gasteiger partial charge in [-0.25, -0.2) is 9.13 Å². The summed E-state index contributed by atoms with van der Waals surface area (Å²) in [6.45, 7) is 22.1. The van der Waals surface area contributed by atoms with Crippen LogP contribution < -0.4 is 19.3 Å². The van der Waals surface area contributed by atoms with Crippen LogP contribution in [-0.4, -0.2) is 38.0 Å². The van der Waals surface area contributed by atoms with Crippen LogP contribution in [0.3, 0.4) is 0 Å². The molecule has 2 aromatic rings. The van der Waals surface area contributed by atoms with Crippen molar-refractivity contribution in [3.05, 3.63) is 73.3 Å². The molecule has 0 radical (unpaired) electrons. The topological polar surface area (TPSA) is 97.1 Å². The third-order valence-corrected chi connectivity index (χ3v) is 16.7. The maximum Gasteiger partial charge on any atom is 0.168 e. The van der Waals surface area contributed by atoms with Gasteiger partial charge in [0.1, 0.15) is 25.3 Å². The van der Waals surface area contributed by atoms with E-state index in [1.54, 1.807) is 0 Å². The molecule has 0 aliphatic heterocycles. The first-order chi connectivity index (χ1) is 25.7. The van der Waals surface area contributed by atoms with Gasteiger partial charge in [-0.15, -0.1) is 0 Å².